The Morgan fingerprint density at radius 2 is 2.06 bits per heavy atom. The Labute approximate surface area is 103 Å². The highest BCUT2D eigenvalue weighted by molar-refractivity contribution is 5.73. The molecule has 0 spiro atoms. The number of nitrogens with one attached hydrogen (secondary N) is 1. The lowest BCUT2D eigenvalue weighted by atomic mass is 9.81. The van der Waals surface area contributed by atoms with Crippen molar-refractivity contribution in [2.24, 2.45) is 5.92 Å². The molecule has 1 fully saturated rings. The zero-order valence-electron chi connectivity index (χ0n) is 10.4. The first-order chi connectivity index (χ1) is 8.36. The predicted octanol–water partition coefficient (Wildman–Crippen LogP) is 3.83. The first-order valence-corrected chi connectivity index (χ1v) is 7.04. The van der Waals surface area contributed by atoms with Gasteiger partial charge in [0.15, 0.2) is 6.29 Å². The fourth-order valence-corrected chi connectivity index (χ4v) is 3.72. The topological polar surface area (TPSA) is 32.9 Å². The molecule has 0 bridgehead atoms. The summed E-state index contributed by atoms with van der Waals surface area (Å²) in [6.07, 6.45) is 11.9. The van der Waals surface area contributed by atoms with E-state index in [1.54, 1.807) is 0 Å². The molecular formula is C15H21NO. The minimum atomic E-state index is 0.720. The van der Waals surface area contributed by atoms with Gasteiger partial charge in [0.2, 0.25) is 0 Å². The van der Waals surface area contributed by atoms with Crippen molar-refractivity contribution >= 4 is 6.29 Å². The Morgan fingerprint density at radius 1 is 1.24 bits per heavy atom. The van der Waals surface area contributed by atoms with Crippen molar-refractivity contribution in [1.82, 2.24) is 4.98 Å². The van der Waals surface area contributed by atoms with Crippen LogP contribution in [0.15, 0.2) is 6.07 Å². The van der Waals surface area contributed by atoms with E-state index in [9.17, 15) is 4.79 Å². The molecule has 2 aliphatic rings. The number of H-pyrrole nitrogens is 1. The second kappa shape index (κ2) is 4.67. The van der Waals surface area contributed by atoms with E-state index in [2.05, 4.69) is 11.1 Å². The van der Waals surface area contributed by atoms with E-state index < -0.39 is 0 Å². The molecule has 92 valence electrons. The van der Waals surface area contributed by atoms with Crippen LogP contribution in [0, 0.1) is 5.92 Å². The highest BCUT2D eigenvalue weighted by atomic mass is 16.1. The van der Waals surface area contributed by atoms with Crippen molar-refractivity contribution < 1.29 is 4.79 Å². The van der Waals surface area contributed by atoms with Crippen LogP contribution in [0.4, 0.5) is 0 Å². The van der Waals surface area contributed by atoms with Crippen LogP contribution in [-0.4, -0.2) is 11.3 Å². The number of aryl methyl sites for hydroxylation is 1. The number of hydrogen-bond acceptors (Lipinski definition) is 1. The maximum atomic E-state index is 10.8. The van der Waals surface area contributed by atoms with Crippen LogP contribution in [0.2, 0.25) is 0 Å². The fourth-order valence-electron chi connectivity index (χ4n) is 3.72. The first kappa shape index (κ1) is 11.1. The normalized spacial score (nSPS) is 24.8. The molecule has 17 heavy (non-hydrogen) atoms. The molecule has 1 atom stereocenters. The van der Waals surface area contributed by atoms with E-state index in [1.807, 2.05) is 0 Å². The van der Waals surface area contributed by atoms with Gasteiger partial charge in [-0.15, -0.1) is 0 Å². The zero-order chi connectivity index (χ0) is 11.7. The van der Waals surface area contributed by atoms with Gasteiger partial charge in [-0.1, -0.05) is 32.1 Å². The number of carbonyl (C=O) groups is 1. The van der Waals surface area contributed by atoms with Gasteiger partial charge in [0.1, 0.15) is 0 Å². The summed E-state index contributed by atoms with van der Waals surface area (Å²) in [7, 11) is 0. The maximum absolute atomic E-state index is 10.8. The summed E-state index contributed by atoms with van der Waals surface area (Å²) in [5.41, 5.74) is 3.54. The largest absolute Gasteiger partial charge is 0.356 e. The molecule has 1 heterocycles. The van der Waals surface area contributed by atoms with Gasteiger partial charge in [-0.3, -0.25) is 4.79 Å². The van der Waals surface area contributed by atoms with Crippen LogP contribution in [0.3, 0.4) is 0 Å². The quantitative estimate of drug-likeness (QED) is 0.788. The molecule has 0 aromatic carbocycles. The van der Waals surface area contributed by atoms with Crippen LogP contribution in [0.5, 0.6) is 0 Å². The van der Waals surface area contributed by atoms with Crippen molar-refractivity contribution in [3.05, 3.63) is 23.0 Å². The maximum Gasteiger partial charge on any atom is 0.166 e. The second-order valence-corrected chi connectivity index (χ2v) is 5.75. The predicted molar refractivity (Wildman–Crippen MR) is 68.4 cm³/mol. The lowest BCUT2D eigenvalue weighted by molar-refractivity contribution is 0.111. The van der Waals surface area contributed by atoms with E-state index in [4.69, 9.17) is 0 Å². The van der Waals surface area contributed by atoms with Crippen LogP contribution in [0.1, 0.15) is 72.6 Å². The van der Waals surface area contributed by atoms with Gasteiger partial charge in [-0.05, 0) is 42.7 Å². The van der Waals surface area contributed by atoms with Crippen molar-refractivity contribution in [3.8, 4) is 0 Å². The minimum Gasteiger partial charge on any atom is -0.356 e. The molecule has 1 aromatic heterocycles. The van der Waals surface area contributed by atoms with Gasteiger partial charge < -0.3 is 4.98 Å². The SMILES string of the molecule is O=Cc1cc2c([nH]1)CCC2CC1CCCCC1. The monoisotopic (exact) mass is 231 g/mol. The summed E-state index contributed by atoms with van der Waals surface area (Å²) in [4.78, 5) is 14.0. The molecule has 3 rings (SSSR count). The van der Waals surface area contributed by atoms with Gasteiger partial charge in [-0.2, -0.15) is 0 Å². The van der Waals surface area contributed by atoms with Crippen LogP contribution in [-0.2, 0) is 6.42 Å². The number of rotatable bonds is 3. The van der Waals surface area contributed by atoms with Crippen molar-refractivity contribution in [3.63, 3.8) is 0 Å². The highest BCUT2D eigenvalue weighted by Crippen LogP contribution is 2.40. The van der Waals surface area contributed by atoms with Crippen molar-refractivity contribution in [1.29, 1.82) is 0 Å². The van der Waals surface area contributed by atoms with Gasteiger partial charge >= 0.3 is 0 Å². The van der Waals surface area contributed by atoms with Gasteiger partial charge in [0.05, 0.1) is 5.69 Å². The van der Waals surface area contributed by atoms with E-state index in [1.165, 1.54) is 56.2 Å². The van der Waals surface area contributed by atoms with E-state index in [0.717, 1.165) is 30.2 Å². The molecule has 0 amide bonds. The molecule has 0 aliphatic heterocycles. The summed E-state index contributed by atoms with van der Waals surface area (Å²) in [5, 5.41) is 0. The van der Waals surface area contributed by atoms with Crippen LogP contribution >= 0.6 is 0 Å². The van der Waals surface area contributed by atoms with Crippen LogP contribution < -0.4 is 0 Å². The molecule has 2 nitrogen and oxygen atoms in total. The number of fused-ring (bicyclic) bond motifs is 1. The molecular weight excluding hydrogens is 210 g/mol. The smallest absolute Gasteiger partial charge is 0.166 e. The van der Waals surface area contributed by atoms with Gasteiger partial charge in [0, 0.05) is 5.69 Å². The van der Waals surface area contributed by atoms with Crippen molar-refractivity contribution in [2.75, 3.05) is 0 Å². The molecule has 1 saturated carbocycles. The Bertz CT molecular complexity index is 401. The third kappa shape index (κ3) is 2.18. The Hall–Kier alpha value is -1.05. The highest BCUT2D eigenvalue weighted by Gasteiger charge is 2.27. The first-order valence-electron chi connectivity index (χ1n) is 7.04. The summed E-state index contributed by atoms with van der Waals surface area (Å²) in [5.74, 6) is 1.66. The third-order valence-corrected chi connectivity index (χ3v) is 4.61. The molecule has 0 saturated heterocycles. The number of aromatic nitrogens is 1. The van der Waals surface area contributed by atoms with Gasteiger partial charge in [-0.25, -0.2) is 0 Å². The van der Waals surface area contributed by atoms with Crippen molar-refractivity contribution in [2.45, 2.75) is 57.3 Å². The molecule has 0 radical (unpaired) electrons. The number of aldehydes is 1. The number of carbonyl (C=O) groups excluding carboxylic acids is 1. The molecule has 1 aromatic rings. The molecule has 1 N–H and O–H groups in total. The van der Waals surface area contributed by atoms with Gasteiger partial charge in [0.25, 0.3) is 0 Å². The summed E-state index contributed by atoms with van der Waals surface area (Å²) in [6, 6.07) is 2.09. The molecule has 1 unspecified atom stereocenters. The summed E-state index contributed by atoms with van der Waals surface area (Å²) in [6.45, 7) is 0. The lowest BCUT2D eigenvalue weighted by Gasteiger charge is -2.24. The van der Waals surface area contributed by atoms with E-state index >= 15 is 0 Å². The second-order valence-electron chi connectivity index (χ2n) is 5.75. The van der Waals surface area contributed by atoms with E-state index in [0.29, 0.717) is 0 Å². The Balaban J connectivity index is 1.69. The lowest BCUT2D eigenvalue weighted by Crippen LogP contribution is -2.09. The standard InChI is InChI=1S/C15H21NO/c17-10-13-9-14-12(6-7-15(14)16-13)8-11-4-2-1-3-5-11/h9-12,16H,1-8H2. The summed E-state index contributed by atoms with van der Waals surface area (Å²) >= 11 is 0. The Morgan fingerprint density at radius 3 is 2.82 bits per heavy atom. The minimum absolute atomic E-state index is 0.720. The average molecular weight is 231 g/mol. The molecule has 2 heteroatoms. The average Bonchev–Trinajstić information content (AvgIpc) is 2.92. The fraction of sp³-hybridized carbons (Fsp3) is 0.667. The zero-order valence-corrected chi connectivity index (χ0v) is 10.4. The summed E-state index contributed by atoms with van der Waals surface area (Å²) < 4.78 is 0. The Kier molecular flexibility index (Phi) is 3.04. The van der Waals surface area contributed by atoms with E-state index in [-0.39, 0.29) is 0 Å². The third-order valence-electron chi connectivity index (χ3n) is 4.61. The van der Waals surface area contributed by atoms with Crippen LogP contribution in [0.25, 0.3) is 0 Å². The molecule has 2 aliphatic carbocycles. The number of aromatic amines is 1. The number of hydrogen-bond donors (Lipinski definition) is 1.